The summed E-state index contributed by atoms with van der Waals surface area (Å²) in [6, 6.07) is 1.08. The summed E-state index contributed by atoms with van der Waals surface area (Å²) in [5.41, 5.74) is 0. The van der Waals surface area contributed by atoms with Gasteiger partial charge in [-0.2, -0.15) is 0 Å². The number of hydrogen-bond acceptors (Lipinski definition) is 2. The van der Waals surface area contributed by atoms with Crippen molar-refractivity contribution < 1.29 is 4.21 Å². The standard InChI is InChI=1S/C14H25NOS/c1-10(6-7-17(3)16)15-11(2)14-9-12-4-5-13(14)8-12/h4-5,10-15H,6-9H2,1-3H3. The summed E-state index contributed by atoms with van der Waals surface area (Å²) >= 11 is 0. The maximum absolute atomic E-state index is 11.1. The molecular weight excluding hydrogens is 230 g/mol. The van der Waals surface area contributed by atoms with Crippen molar-refractivity contribution in [2.75, 3.05) is 12.0 Å². The van der Waals surface area contributed by atoms with E-state index in [0.29, 0.717) is 12.1 Å². The first kappa shape index (κ1) is 13.3. The van der Waals surface area contributed by atoms with Gasteiger partial charge in [0.05, 0.1) is 0 Å². The molecule has 98 valence electrons. The van der Waals surface area contributed by atoms with Gasteiger partial charge in [0.25, 0.3) is 0 Å². The molecule has 2 rings (SSSR count). The normalized spacial score (nSPS) is 36.1. The van der Waals surface area contributed by atoms with E-state index in [-0.39, 0.29) is 0 Å². The molecule has 0 heterocycles. The second-order valence-corrected chi connectivity index (χ2v) is 7.42. The van der Waals surface area contributed by atoms with Crippen molar-refractivity contribution in [3.63, 3.8) is 0 Å². The van der Waals surface area contributed by atoms with Crippen LogP contribution in [0.3, 0.4) is 0 Å². The summed E-state index contributed by atoms with van der Waals surface area (Å²) in [5.74, 6) is 3.31. The smallest absolute Gasteiger partial charge is 0.0246 e. The van der Waals surface area contributed by atoms with Crippen LogP contribution >= 0.6 is 0 Å². The Kier molecular flexibility index (Phi) is 4.42. The second kappa shape index (κ2) is 5.66. The van der Waals surface area contributed by atoms with Crippen LogP contribution in [0.1, 0.15) is 33.1 Å². The lowest BCUT2D eigenvalue weighted by Gasteiger charge is -2.29. The molecule has 1 N–H and O–H groups in total. The first-order valence-corrected chi connectivity index (χ1v) is 8.53. The fourth-order valence-electron chi connectivity index (χ4n) is 3.40. The van der Waals surface area contributed by atoms with Crippen molar-refractivity contribution in [3.05, 3.63) is 12.2 Å². The average Bonchev–Trinajstić information content (AvgIpc) is 2.87. The van der Waals surface area contributed by atoms with Crippen LogP contribution < -0.4 is 5.32 Å². The predicted molar refractivity (Wildman–Crippen MR) is 74.5 cm³/mol. The molecule has 17 heavy (non-hydrogen) atoms. The summed E-state index contributed by atoms with van der Waals surface area (Å²) in [6.07, 6.45) is 10.4. The third kappa shape index (κ3) is 3.41. The van der Waals surface area contributed by atoms with Crippen LogP contribution in [0, 0.1) is 17.8 Å². The summed E-state index contributed by atoms with van der Waals surface area (Å²) in [5, 5.41) is 3.69. The van der Waals surface area contributed by atoms with Crippen molar-refractivity contribution in [1.29, 1.82) is 0 Å². The molecule has 0 spiro atoms. The van der Waals surface area contributed by atoms with E-state index in [2.05, 4.69) is 31.3 Å². The largest absolute Gasteiger partial charge is 0.311 e. The Bertz CT molecular complexity index is 315. The van der Waals surface area contributed by atoms with Gasteiger partial charge in [0.15, 0.2) is 0 Å². The summed E-state index contributed by atoms with van der Waals surface area (Å²) in [7, 11) is -0.656. The van der Waals surface area contributed by atoms with Crippen LogP contribution in [-0.4, -0.2) is 28.3 Å². The first-order valence-electron chi connectivity index (χ1n) is 6.80. The predicted octanol–water partition coefficient (Wildman–Crippen LogP) is 2.33. The van der Waals surface area contributed by atoms with Gasteiger partial charge in [-0.05, 0) is 50.9 Å². The van der Waals surface area contributed by atoms with Gasteiger partial charge >= 0.3 is 0 Å². The molecule has 0 aromatic heterocycles. The molecule has 0 saturated heterocycles. The van der Waals surface area contributed by atoms with Gasteiger partial charge in [-0.3, -0.25) is 4.21 Å². The molecule has 3 heteroatoms. The molecule has 0 amide bonds. The zero-order valence-corrected chi connectivity index (χ0v) is 12.0. The van der Waals surface area contributed by atoms with E-state index in [1.54, 1.807) is 6.26 Å². The van der Waals surface area contributed by atoms with Crippen molar-refractivity contribution in [2.24, 2.45) is 17.8 Å². The summed E-state index contributed by atoms with van der Waals surface area (Å²) < 4.78 is 11.1. The molecule has 1 saturated carbocycles. The Hall–Kier alpha value is -0.150. The lowest BCUT2D eigenvalue weighted by molar-refractivity contribution is 0.303. The highest BCUT2D eigenvalue weighted by Gasteiger charge is 2.38. The average molecular weight is 255 g/mol. The number of allylic oxidation sites excluding steroid dienone is 2. The van der Waals surface area contributed by atoms with E-state index in [1.165, 1.54) is 12.8 Å². The maximum atomic E-state index is 11.1. The number of fused-ring (bicyclic) bond motifs is 2. The molecule has 0 aromatic carbocycles. The fourth-order valence-corrected chi connectivity index (χ4v) is 4.08. The van der Waals surface area contributed by atoms with E-state index in [1.807, 2.05) is 0 Å². The molecule has 1 fully saturated rings. The van der Waals surface area contributed by atoms with E-state index in [0.717, 1.165) is 29.9 Å². The Morgan fingerprint density at radius 3 is 2.65 bits per heavy atom. The van der Waals surface area contributed by atoms with Crippen LogP contribution in [-0.2, 0) is 10.8 Å². The zero-order valence-electron chi connectivity index (χ0n) is 11.2. The molecule has 0 aromatic rings. The van der Waals surface area contributed by atoms with Gasteiger partial charge in [-0.25, -0.2) is 0 Å². The number of rotatable bonds is 6. The SMILES string of the molecule is CC(CCS(C)=O)NC(C)C1CC2C=CC1C2. The summed E-state index contributed by atoms with van der Waals surface area (Å²) in [4.78, 5) is 0. The van der Waals surface area contributed by atoms with Gasteiger partial charge in [0.2, 0.25) is 0 Å². The van der Waals surface area contributed by atoms with Gasteiger partial charge < -0.3 is 5.32 Å². The Morgan fingerprint density at radius 2 is 2.12 bits per heavy atom. The first-order chi connectivity index (χ1) is 8.06. The monoisotopic (exact) mass is 255 g/mol. The van der Waals surface area contributed by atoms with Crippen molar-refractivity contribution >= 4 is 10.8 Å². The molecule has 6 unspecified atom stereocenters. The van der Waals surface area contributed by atoms with Gasteiger partial charge in [-0.1, -0.05) is 12.2 Å². The molecule has 2 aliphatic carbocycles. The fraction of sp³-hybridized carbons (Fsp3) is 0.857. The Balaban J connectivity index is 1.75. The molecule has 0 aliphatic heterocycles. The maximum Gasteiger partial charge on any atom is 0.0246 e. The lowest BCUT2D eigenvalue weighted by Crippen LogP contribution is -2.41. The van der Waals surface area contributed by atoms with Crippen molar-refractivity contribution in [3.8, 4) is 0 Å². The third-order valence-corrected chi connectivity index (χ3v) is 5.17. The minimum absolute atomic E-state index is 0.483. The molecular formula is C14H25NOS. The molecule has 6 atom stereocenters. The quantitative estimate of drug-likeness (QED) is 0.738. The van der Waals surface area contributed by atoms with Gasteiger partial charge in [0, 0.05) is 34.9 Å². The van der Waals surface area contributed by atoms with E-state index < -0.39 is 10.8 Å². The van der Waals surface area contributed by atoms with Crippen LogP contribution in [0.5, 0.6) is 0 Å². The lowest BCUT2D eigenvalue weighted by atomic mass is 9.87. The highest BCUT2D eigenvalue weighted by atomic mass is 32.2. The second-order valence-electron chi connectivity index (χ2n) is 5.87. The van der Waals surface area contributed by atoms with E-state index in [4.69, 9.17) is 0 Å². The van der Waals surface area contributed by atoms with E-state index in [9.17, 15) is 4.21 Å². The third-order valence-electron chi connectivity index (χ3n) is 4.36. The molecule has 0 radical (unpaired) electrons. The van der Waals surface area contributed by atoms with Gasteiger partial charge in [0.1, 0.15) is 0 Å². The van der Waals surface area contributed by atoms with Gasteiger partial charge in [-0.15, -0.1) is 0 Å². The van der Waals surface area contributed by atoms with E-state index >= 15 is 0 Å². The van der Waals surface area contributed by atoms with Crippen LogP contribution in [0.4, 0.5) is 0 Å². The minimum atomic E-state index is -0.656. The minimum Gasteiger partial charge on any atom is -0.311 e. The Labute approximate surface area is 108 Å². The number of nitrogens with one attached hydrogen (secondary N) is 1. The summed E-state index contributed by atoms with van der Waals surface area (Å²) in [6.45, 7) is 4.53. The molecule has 2 aliphatic rings. The van der Waals surface area contributed by atoms with Crippen molar-refractivity contribution in [2.45, 2.75) is 45.2 Å². The zero-order chi connectivity index (χ0) is 12.4. The highest BCUT2D eigenvalue weighted by Crippen LogP contribution is 2.44. The molecule has 2 nitrogen and oxygen atoms in total. The Morgan fingerprint density at radius 1 is 1.35 bits per heavy atom. The highest BCUT2D eigenvalue weighted by molar-refractivity contribution is 7.84. The van der Waals surface area contributed by atoms with Crippen LogP contribution in [0.2, 0.25) is 0 Å². The molecule has 2 bridgehead atoms. The van der Waals surface area contributed by atoms with Crippen LogP contribution in [0.25, 0.3) is 0 Å². The van der Waals surface area contributed by atoms with Crippen LogP contribution in [0.15, 0.2) is 12.2 Å². The van der Waals surface area contributed by atoms with Crippen molar-refractivity contribution in [1.82, 2.24) is 5.32 Å². The number of hydrogen-bond donors (Lipinski definition) is 1. The topological polar surface area (TPSA) is 29.1 Å².